The molecule has 1 rings (SSSR count). The highest BCUT2D eigenvalue weighted by molar-refractivity contribution is 5.66. The summed E-state index contributed by atoms with van der Waals surface area (Å²) in [6, 6.07) is 4.63. The number of halogens is 1. The van der Waals surface area contributed by atoms with Crippen molar-refractivity contribution in [2.45, 2.75) is 19.3 Å². The first kappa shape index (κ1) is 13.0. The summed E-state index contributed by atoms with van der Waals surface area (Å²) in [4.78, 5) is 10.3. The van der Waals surface area contributed by atoms with Crippen LogP contribution in [0.3, 0.4) is 0 Å². The molecule has 0 amide bonds. The lowest BCUT2D eigenvalue weighted by molar-refractivity contribution is -0.137. The first-order valence-electron chi connectivity index (χ1n) is 5.06. The van der Waals surface area contributed by atoms with Gasteiger partial charge < -0.3 is 9.84 Å². The van der Waals surface area contributed by atoms with E-state index in [1.807, 2.05) is 6.07 Å². The van der Waals surface area contributed by atoms with E-state index in [2.05, 4.69) is 0 Å². The number of rotatable bonds is 5. The van der Waals surface area contributed by atoms with Gasteiger partial charge in [-0.05, 0) is 30.5 Å². The van der Waals surface area contributed by atoms with Gasteiger partial charge in [0.15, 0.2) is 11.6 Å². The predicted molar refractivity (Wildman–Crippen MR) is 58.2 cm³/mol. The average Bonchev–Trinajstić information content (AvgIpc) is 2.27. The first-order valence-corrected chi connectivity index (χ1v) is 5.06. The number of methoxy groups -OCH3 is 1. The number of ether oxygens (including phenoxy) is 1. The quantitative estimate of drug-likeness (QED) is 0.851. The van der Waals surface area contributed by atoms with Crippen molar-refractivity contribution in [3.63, 3.8) is 0 Å². The Bertz CT molecular complexity index is 466. The Morgan fingerprint density at radius 1 is 1.59 bits per heavy atom. The van der Waals surface area contributed by atoms with E-state index in [4.69, 9.17) is 15.1 Å². The minimum atomic E-state index is -0.889. The summed E-state index contributed by atoms with van der Waals surface area (Å²) in [6.07, 6.45) is 0.851. The highest BCUT2D eigenvalue weighted by atomic mass is 19.1. The topological polar surface area (TPSA) is 70.3 Å². The fourth-order valence-electron chi connectivity index (χ4n) is 1.53. The maximum absolute atomic E-state index is 13.5. The molecule has 1 aromatic carbocycles. The Balaban J connectivity index is 2.85. The lowest BCUT2D eigenvalue weighted by Gasteiger charge is -2.07. The lowest BCUT2D eigenvalue weighted by atomic mass is 10.0. The van der Waals surface area contributed by atoms with Gasteiger partial charge in [0.1, 0.15) is 6.07 Å². The van der Waals surface area contributed by atoms with Crippen LogP contribution in [0.2, 0.25) is 0 Å². The van der Waals surface area contributed by atoms with Gasteiger partial charge in [-0.25, -0.2) is 4.39 Å². The van der Waals surface area contributed by atoms with Gasteiger partial charge in [0.2, 0.25) is 0 Å². The molecule has 0 radical (unpaired) electrons. The van der Waals surface area contributed by atoms with Crippen molar-refractivity contribution in [1.29, 1.82) is 5.26 Å². The van der Waals surface area contributed by atoms with E-state index in [9.17, 15) is 9.18 Å². The van der Waals surface area contributed by atoms with E-state index < -0.39 is 11.8 Å². The van der Waals surface area contributed by atoms with Crippen molar-refractivity contribution in [1.82, 2.24) is 0 Å². The van der Waals surface area contributed by atoms with Gasteiger partial charge >= 0.3 is 5.97 Å². The van der Waals surface area contributed by atoms with Crippen molar-refractivity contribution in [2.75, 3.05) is 7.11 Å². The summed E-state index contributed by atoms with van der Waals surface area (Å²) in [6.45, 7) is 0. The second kappa shape index (κ2) is 5.85. The molecule has 1 N–H and O–H groups in total. The number of hydrogen-bond donors (Lipinski definition) is 1. The summed E-state index contributed by atoms with van der Waals surface area (Å²) >= 11 is 0. The second-order valence-corrected chi connectivity index (χ2v) is 3.52. The Labute approximate surface area is 98.2 Å². The summed E-state index contributed by atoms with van der Waals surface area (Å²) in [7, 11) is 1.29. The Hall–Kier alpha value is -2.09. The standard InChI is InChI=1S/C12H12FNO3/c1-17-12-9(7-14)5-8(6-10(12)13)3-2-4-11(15)16/h5-6H,2-4H2,1H3,(H,15,16). The van der Waals surface area contributed by atoms with Gasteiger partial charge in [-0.3, -0.25) is 4.79 Å². The minimum absolute atomic E-state index is 0.0233. The number of benzene rings is 1. The molecule has 0 fully saturated rings. The molecule has 90 valence electrons. The second-order valence-electron chi connectivity index (χ2n) is 3.52. The number of carboxylic acid groups (broad SMARTS) is 1. The summed E-state index contributed by atoms with van der Waals surface area (Å²) in [5, 5.41) is 17.3. The number of nitrogens with zero attached hydrogens (tertiary/aromatic N) is 1. The smallest absolute Gasteiger partial charge is 0.303 e. The number of carbonyl (C=O) groups is 1. The van der Waals surface area contributed by atoms with Crippen molar-refractivity contribution in [3.05, 3.63) is 29.1 Å². The lowest BCUT2D eigenvalue weighted by Crippen LogP contribution is -1.98. The van der Waals surface area contributed by atoms with Crippen LogP contribution in [0.4, 0.5) is 4.39 Å². The van der Waals surface area contributed by atoms with Crippen LogP contribution in [-0.4, -0.2) is 18.2 Å². The molecular weight excluding hydrogens is 225 g/mol. The monoisotopic (exact) mass is 237 g/mol. The number of carboxylic acids is 1. The van der Waals surface area contributed by atoms with Gasteiger partial charge in [0, 0.05) is 6.42 Å². The molecule has 0 spiro atoms. The van der Waals surface area contributed by atoms with E-state index in [-0.39, 0.29) is 17.7 Å². The van der Waals surface area contributed by atoms with Crippen LogP contribution in [0.5, 0.6) is 5.75 Å². The predicted octanol–water partition coefficient (Wildman–Crippen LogP) is 2.11. The highest BCUT2D eigenvalue weighted by Gasteiger charge is 2.11. The molecule has 0 saturated carbocycles. The van der Waals surface area contributed by atoms with Crippen LogP contribution in [0.25, 0.3) is 0 Å². The number of nitriles is 1. The molecule has 0 aliphatic rings. The third-order valence-corrected chi connectivity index (χ3v) is 2.28. The molecule has 5 heteroatoms. The van der Waals surface area contributed by atoms with E-state index in [1.54, 1.807) is 0 Å². The van der Waals surface area contributed by atoms with Crippen molar-refractivity contribution < 1.29 is 19.0 Å². The van der Waals surface area contributed by atoms with Crippen LogP contribution < -0.4 is 4.74 Å². The molecule has 0 heterocycles. The zero-order chi connectivity index (χ0) is 12.8. The minimum Gasteiger partial charge on any atom is -0.492 e. The molecule has 4 nitrogen and oxygen atoms in total. The maximum Gasteiger partial charge on any atom is 0.303 e. The van der Waals surface area contributed by atoms with Gasteiger partial charge in [0.05, 0.1) is 12.7 Å². The Morgan fingerprint density at radius 3 is 2.82 bits per heavy atom. The molecule has 0 aliphatic carbocycles. The van der Waals surface area contributed by atoms with Crippen LogP contribution in [0.15, 0.2) is 12.1 Å². The van der Waals surface area contributed by atoms with Crippen LogP contribution in [0.1, 0.15) is 24.0 Å². The van der Waals surface area contributed by atoms with Crippen molar-refractivity contribution in [2.24, 2.45) is 0 Å². The number of hydrogen-bond acceptors (Lipinski definition) is 3. The van der Waals surface area contributed by atoms with E-state index in [0.717, 1.165) is 0 Å². The molecule has 17 heavy (non-hydrogen) atoms. The highest BCUT2D eigenvalue weighted by Crippen LogP contribution is 2.24. The maximum atomic E-state index is 13.5. The van der Waals surface area contributed by atoms with Gasteiger partial charge in [-0.1, -0.05) is 0 Å². The third-order valence-electron chi connectivity index (χ3n) is 2.28. The average molecular weight is 237 g/mol. The van der Waals surface area contributed by atoms with Crippen molar-refractivity contribution in [3.8, 4) is 11.8 Å². The fourth-order valence-corrected chi connectivity index (χ4v) is 1.53. The van der Waals surface area contributed by atoms with E-state index in [0.29, 0.717) is 18.4 Å². The molecular formula is C12H12FNO3. The zero-order valence-electron chi connectivity index (χ0n) is 9.36. The molecule has 0 bridgehead atoms. The first-order chi connectivity index (χ1) is 8.08. The molecule has 0 unspecified atom stereocenters. The molecule has 0 aliphatic heterocycles. The largest absolute Gasteiger partial charge is 0.492 e. The van der Waals surface area contributed by atoms with Crippen LogP contribution in [0, 0.1) is 17.1 Å². The van der Waals surface area contributed by atoms with E-state index >= 15 is 0 Å². The molecule has 1 aromatic rings. The fraction of sp³-hybridized carbons (Fsp3) is 0.333. The van der Waals surface area contributed by atoms with E-state index in [1.165, 1.54) is 19.2 Å². The van der Waals surface area contributed by atoms with Gasteiger partial charge in [-0.15, -0.1) is 0 Å². The molecule has 0 saturated heterocycles. The third kappa shape index (κ3) is 3.45. The van der Waals surface area contributed by atoms with Crippen molar-refractivity contribution >= 4 is 5.97 Å². The number of aryl methyl sites for hydroxylation is 1. The Kier molecular flexibility index (Phi) is 4.46. The molecule has 0 aromatic heterocycles. The summed E-state index contributed by atoms with van der Waals surface area (Å²) in [5.41, 5.74) is 0.721. The Morgan fingerprint density at radius 2 is 2.29 bits per heavy atom. The summed E-state index contributed by atoms with van der Waals surface area (Å²) in [5.74, 6) is -1.56. The summed E-state index contributed by atoms with van der Waals surface area (Å²) < 4.78 is 18.3. The number of aliphatic carboxylic acids is 1. The molecule has 0 atom stereocenters. The SMILES string of the molecule is COc1c(F)cc(CCCC(=O)O)cc1C#N. The zero-order valence-corrected chi connectivity index (χ0v) is 9.36. The van der Waals surface area contributed by atoms with Crippen LogP contribution in [-0.2, 0) is 11.2 Å². The van der Waals surface area contributed by atoms with Gasteiger partial charge in [-0.2, -0.15) is 5.26 Å². The normalized spacial score (nSPS) is 9.71. The van der Waals surface area contributed by atoms with Gasteiger partial charge in [0.25, 0.3) is 0 Å². The van der Waals surface area contributed by atoms with Crippen LogP contribution >= 0.6 is 0 Å².